The summed E-state index contributed by atoms with van der Waals surface area (Å²) >= 11 is 0. The van der Waals surface area contributed by atoms with Gasteiger partial charge < -0.3 is 10.2 Å². The van der Waals surface area contributed by atoms with E-state index in [-0.39, 0.29) is 5.92 Å². The van der Waals surface area contributed by atoms with E-state index in [1.165, 1.54) is 0 Å². The maximum atomic E-state index is 8.48. The van der Waals surface area contributed by atoms with Crippen LogP contribution in [0.3, 0.4) is 0 Å². The monoisotopic (exact) mass is 169 g/mol. The molecule has 0 aliphatic rings. The van der Waals surface area contributed by atoms with E-state index in [9.17, 15) is 0 Å². The zero-order chi connectivity index (χ0) is 9.40. The molecule has 3 heteroatoms. The highest BCUT2D eigenvalue weighted by atomic mass is 15.0. The molecule has 0 radical (unpaired) electrons. The predicted molar refractivity (Wildman–Crippen MR) is 50.8 cm³/mol. The Hall–Kier alpha value is -0.590. The number of hydrogen-bond acceptors (Lipinski definition) is 3. The summed E-state index contributed by atoms with van der Waals surface area (Å²) in [6.45, 7) is 4.85. The van der Waals surface area contributed by atoms with Crippen molar-refractivity contribution in [2.75, 3.05) is 33.7 Å². The number of nitrogens with zero attached hydrogens (tertiary/aromatic N) is 2. The van der Waals surface area contributed by atoms with Crippen LogP contribution in [0.5, 0.6) is 0 Å². The zero-order valence-corrected chi connectivity index (χ0v) is 8.30. The number of rotatable bonds is 6. The molecule has 0 aromatic heterocycles. The molecule has 1 atom stereocenters. The fraction of sp³-hybridized carbons (Fsp3) is 0.889. The minimum atomic E-state index is 0.129. The fourth-order valence-corrected chi connectivity index (χ4v) is 0.884. The third-order valence-electron chi connectivity index (χ3n) is 1.63. The van der Waals surface area contributed by atoms with Crippen LogP contribution in [-0.4, -0.2) is 38.6 Å². The second kappa shape index (κ2) is 7.08. The average Bonchev–Trinajstić information content (AvgIpc) is 2.03. The molecule has 0 fully saturated rings. The molecule has 1 unspecified atom stereocenters. The highest BCUT2D eigenvalue weighted by molar-refractivity contribution is 4.79. The van der Waals surface area contributed by atoms with Crippen LogP contribution in [0.4, 0.5) is 0 Å². The molecule has 0 saturated carbocycles. The highest BCUT2D eigenvalue weighted by Gasteiger charge is 1.97. The molecule has 70 valence electrons. The maximum Gasteiger partial charge on any atom is 0.0666 e. The third kappa shape index (κ3) is 7.52. The molecule has 0 amide bonds. The summed E-state index contributed by atoms with van der Waals surface area (Å²) in [5.41, 5.74) is 0. The van der Waals surface area contributed by atoms with Gasteiger partial charge in [0.2, 0.25) is 0 Å². The first-order valence-corrected chi connectivity index (χ1v) is 4.42. The van der Waals surface area contributed by atoms with Crippen molar-refractivity contribution in [1.82, 2.24) is 10.2 Å². The van der Waals surface area contributed by atoms with E-state index >= 15 is 0 Å². The topological polar surface area (TPSA) is 39.1 Å². The number of nitrogens with one attached hydrogen (secondary N) is 1. The number of nitriles is 1. The molecule has 0 spiro atoms. The van der Waals surface area contributed by atoms with Gasteiger partial charge in [-0.15, -0.1) is 0 Å². The maximum absolute atomic E-state index is 8.48. The lowest BCUT2D eigenvalue weighted by molar-refractivity contribution is 0.393. The van der Waals surface area contributed by atoms with Gasteiger partial charge in [0.05, 0.1) is 12.0 Å². The normalized spacial score (nSPS) is 12.9. The standard InChI is InChI=1S/C9H19N3/c1-9(7-10)8-11-5-4-6-12(2)3/h9,11H,4-6,8H2,1-3H3. The molecule has 0 aromatic carbocycles. The Morgan fingerprint density at radius 2 is 2.17 bits per heavy atom. The van der Waals surface area contributed by atoms with Crippen molar-refractivity contribution in [3.63, 3.8) is 0 Å². The molecule has 0 bridgehead atoms. The lowest BCUT2D eigenvalue weighted by Crippen LogP contribution is -2.24. The summed E-state index contributed by atoms with van der Waals surface area (Å²) in [6, 6.07) is 2.19. The van der Waals surface area contributed by atoms with Gasteiger partial charge in [-0.3, -0.25) is 0 Å². The molecule has 0 rings (SSSR count). The van der Waals surface area contributed by atoms with E-state index in [0.717, 1.165) is 26.1 Å². The van der Waals surface area contributed by atoms with E-state index in [2.05, 4.69) is 30.4 Å². The van der Waals surface area contributed by atoms with Gasteiger partial charge in [0.15, 0.2) is 0 Å². The molecule has 0 aliphatic heterocycles. The molecular formula is C9H19N3. The van der Waals surface area contributed by atoms with Crippen molar-refractivity contribution in [3.05, 3.63) is 0 Å². The molecule has 0 heterocycles. The Morgan fingerprint density at radius 3 is 2.67 bits per heavy atom. The molecule has 3 nitrogen and oxygen atoms in total. The van der Waals surface area contributed by atoms with Gasteiger partial charge in [-0.25, -0.2) is 0 Å². The van der Waals surface area contributed by atoms with Gasteiger partial charge in [0.1, 0.15) is 0 Å². The minimum Gasteiger partial charge on any atom is -0.315 e. The largest absolute Gasteiger partial charge is 0.315 e. The van der Waals surface area contributed by atoms with E-state index < -0.39 is 0 Å². The Labute approximate surface area is 75.4 Å². The van der Waals surface area contributed by atoms with Gasteiger partial charge in [0, 0.05) is 6.54 Å². The van der Waals surface area contributed by atoms with Crippen LogP contribution in [0, 0.1) is 17.2 Å². The summed E-state index contributed by atoms with van der Waals surface area (Å²) in [4.78, 5) is 2.16. The first-order valence-electron chi connectivity index (χ1n) is 4.42. The van der Waals surface area contributed by atoms with Crippen molar-refractivity contribution in [1.29, 1.82) is 5.26 Å². The molecule has 12 heavy (non-hydrogen) atoms. The quantitative estimate of drug-likeness (QED) is 0.594. The Kier molecular flexibility index (Phi) is 6.73. The Morgan fingerprint density at radius 1 is 1.50 bits per heavy atom. The molecular weight excluding hydrogens is 150 g/mol. The molecule has 0 saturated heterocycles. The van der Waals surface area contributed by atoms with Crippen LogP contribution < -0.4 is 5.32 Å². The third-order valence-corrected chi connectivity index (χ3v) is 1.63. The molecule has 0 aliphatic carbocycles. The van der Waals surface area contributed by atoms with Crippen molar-refractivity contribution in [2.45, 2.75) is 13.3 Å². The van der Waals surface area contributed by atoms with Crippen molar-refractivity contribution in [3.8, 4) is 6.07 Å². The molecule has 0 aromatic rings. The summed E-state index contributed by atoms with van der Waals surface area (Å²) in [6.07, 6.45) is 1.14. The predicted octanol–water partition coefficient (Wildman–Crippen LogP) is 0.687. The Balaban J connectivity index is 3.07. The highest BCUT2D eigenvalue weighted by Crippen LogP contribution is 1.88. The van der Waals surface area contributed by atoms with Gasteiger partial charge in [-0.05, 0) is 40.5 Å². The average molecular weight is 169 g/mol. The van der Waals surface area contributed by atoms with Gasteiger partial charge in [-0.2, -0.15) is 5.26 Å². The summed E-state index contributed by atoms with van der Waals surface area (Å²) in [5.74, 6) is 0.129. The SMILES string of the molecule is CC(C#N)CNCCCN(C)C. The summed E-state index contributed by atoms with van der Waals surface area (Å²) in [7, 11) is 4.13. The van der Waals surface area contributed by atoms with Crippen LogP contribution >= 0.6 is 0 Å². The fourth-order valence-electron chi connectivity index (χ4n) is 0.884. The van der Waals surface area contributed by atoms with Crippen LogP contribution in [0.15, 0.2) is 0 Å². The summed E-state index contributed by atoms with van der Waals surface area (Å²) in [5, 5.41) is 11.7. The zero-order valence-electron chi connectivity index (χ0n) is 8.30. The Bertz CT molecular complexity index is 137. The van der Waals surface area contributed by atoms with E-state index in [1.54, 1.807) is 0 Å². The first-order chi connectivity index (χ1) is 5.66. The van der Waals surface area contributed by atoms with Crippen molar-refractivity contribution >= 4 is 0 Å². The second-order valence-corrected chi connectivity index (χ2v) is 3.39. The van der Waals surface area contributed by atoms with Crippen LogP contribution in [-0.2, 0) is 0 Å². The second-order valence-electron chi connectivity index (χ2n) is 3.39. The van der Waals surface area contributed by atoms with Gasteiger partial charge in [-0.1, -0.05) is 0 Å². The van der Waals surface area contributed by atoms with Crippen molar-refractivity contribution < 1.29 is 0 Å². The van der Waals surface area contributed by atoms with Crippen LogP contribution in [0.1, 0.15) is 13.3 Å². The first kappa shape index (κ1) is 11.4. The van der Waals surface area contributed by atoms with Gasteiger partial charge >= 0.3 is 0 Å². The lowest BCUT2D eigenvalue weighted by Gasteiger charge is -2.09. The minimum absolute atomic E-state index is 0.129. The number of hydrogen-bond donors (Lipinski definition) is 1. The summed E-state index contributed by atoms with van der Waals surface area (Å²) < 4.78 is 0. The van der Waals surface area contributed by atoms with E-state index in [1.807, 2.05) is 6.92 Å². The van der Waals surface area contributed by atoms with Gasteiger partial charge in [0.25, 0.3) is 0 Å². The van der Waals surface area contributed by atoms with Crippen molar-refractivity contribution in [2.24, 2.45) is 5.92 Å². The van der Waals surface area contributed by atoms with Crippen LogP contribution in [0.25, 0.3) is 0 Å². The van der Waals surface area contributed by atoms with E-state index in [4.69, 9.17) is 5.26 Å². The molecule has 1 N–H and O–H groups in total. The lowest BCUT2D eigenvalue weighted by atomic mass is 10.2. The smallest absolute Gasteiger partial charge is 0.0666 e. The van der Waals surface area contributed by atoms with E-state index in [0.29, 0.717) is 0 Å². The van der Waals surface area contributed by atoms with Crippen LogP contribution in [0.2, 0.25) is 0 Å².